The lowest BCUT2D eigenvalue weighted by Gasteiger charge is -2.12. The molecule has 0 saturated carbocycles. The number of aromatic nitrogens is 2. The number of ether oxygens (including phenoxy) is 1. The highest BCUT2D eigenvalue weighted by atomic mass is 19.1. The Hall–Kier alpha value is -1.97. The van der Waals surface area contributed by atoms with E-state index in [1.807, 2.05) is 0 Å². The highest BCUT2D eigenvalue weighted by Crippen LogP contribution is 2.20. The zero-order chi connectivity index (χ0) is 23.0. The molecule has 2 rings (SSSR count). The number of nitrogens with zero attached hydrogens (tertiary/aromatic N) is 2. The van der Waals surface area contributed by atoms with Gasteiger partial charge in [0.05, 0.1) is 19.0 Å². The van der Waals surface area contributed by atoms with Crippen molar-refractivity contribution in [2.24, 2.45) is 5.92 Å². The molecule has 1 aromatic heterocycles. The number of alkyl halides is 1. The number of hydrogen-bond donors (Lipinski definition) is 0. The molecule has 0 aliphatic rings. The summed E-state index contributed by atoms with van der Waals surface area (Å²) in [5.74, 6) is 1.87. The van der Waals surface area contributed by atoms with Crippen molar-refractivity contribution in [2.75, 3.05) is 6.61 Å². The molecule has 0 bridgehead atoms. The molecule has 1 aromatic carbocycles. The van der Waals surface area contributed by atoms with E-state index in [9.17, 15) is 4.39 Å². The van der Waals surface area contributed by atoms with Crippen LogP contribution in [-0.2, 0) is 6.42 Å². The standard InChI is InChI=1S/C28H43FN2O/c1-4-6-7-8-9-10-11-12-24-14-16-25(17-15-24)28-30-21-27(22-31-28)32-20-19-26(29)18-13-23(3)5-2/h14-17,21-23,26H,4-13,18-20H2,1-3H3. The van der Waals surface area contributed by atoms with Gasteiger partial charge in [-0.1, -0.05) is 90.0 Å². The molecule has 1 heterocycles. The minimum Gasteiger partial charge on any atom is -0.490 e. The summed E-state index contributed by atoms with van der Waals surface area (Å²) in [7, 11) is 0. The summed E-state index contributed by atoms with van der Waals surface area (Å²) in [4.78, 5) is 8.86. The molecule has 2 atom stereocenters. The van der Waals surface area contributed by atoms with Crippen molar-refractivity contribution >= 4 is 0 Å². The topological polar surface area (TPSA) is 35.0 Å². The number of rotatable bonds is 17. The van der Waals surface area contributed by atoms with Crippen LogP contribution in [0, 0.1) is 5.92 Å². The second-order valence-electron chi connectivity index (χ2n) is 9.14. The van der Waals surface area contributed by atoms with Gasteiger partial charge in [-0.05, 0) is 37.2 Å². The Balaban J connectivity index is 1.68. The number of aryl methyl sites for hydroxylation is 1. The van der Waals surface area contributed by atoms with E-state index in [-0.39, 0.29) is 0 Å². The van der Waals surface area contributed by atoms with Gasteiger partial charge in [0.25, 0.3) is 0 Å². The fraction of sp³-hybridized carbons (Fsp3) is 0.643. The Morgan fingerprint density at radius 3 is 2.16 bits per heavy atom. The lowest BCUT2D eigenvalue weighted by molar-refractivity contribution is 0.216. The Kier molecular flexibility index (Phi) is 13.0. The zero-order valence-electron chi connectivity index (χ0n) is 20.5. The average molecular weight is 443 g/mol. The van der Waals surface area contributed by atoms with Crippen LogP contribution in [0.3, 0.4) is 0 Å². The van der Waals surface area contributed by atoms with Crippen LogP contribution in [0.1, 0.15) is 97.0 Å². The van der Waals surface area contributed by atoms with E-state index in [1.165, 1.54) is 50.5 Å². The first-order valence-corrected chi connectivity index (χ1v) is 12.8. The summed E-state index contributed by atoms with van der Waals surface area (Å²) >= 11 is 0. The average Bonchev–Trinajstić information content (AvgIpc) is 2.83. The predicted octanol–water partition coefficient (Wildman–Crippen LogP) is 8.37. The van der Waals surface area contributed by atoms with Gasteiger partial charge < -0.3 is 4.74 Å². The van der Waals surface area contributed by atoms with E-state index in [1.54, 1.807) is 12.4 Å². The maximum Gasteiger partial charge on any atom is 0.159 e. The molecule has 0 amide bonds. The van der Waals surface area contributed by atoms with Crippen LogP contribution in [0.25, 0.3) is 11.4 Å². The van der Waals surface area contributed by atoms with Crippen molar-refractivity contribution in [2.45, 2.75) is 104 Å². The highest BCUT2D eigenvalue weighted by molar-refractivity contribution is 5.55. The van der Waals surface area contributed by atoms with Gasteiger partial charge in [0.2, 0.25) is 0 Å². The minimum absolute atomic E-state index is 0.359. The van der Waals surface area contributed by atoms with Gasteiger partial charge in [0.1, 0.15) is 6.17 Å². The van der Waals surface area contributed by atoms with Crippen LogP contribution in [0.2, 0.25) is 0 Å². The Morgan fingerprint density at radius 2 is 1.50 bits per heavy atom. The molecule has 178 valence electrons. The van der Waals surface area contributed by atoms with Crippen LogP contribution in [0.5, 0.6) is 5.75 Å². The highest BCUT2D eigenvalue weighted by Gasteiger charge is 2.10. The minimum atomic E-state index is -0.802. The summed E-state index contributed by atoms with van der Waals surface area (Å²) in [6, 6.07) is 8.55. The molecule has 0 aliphatic carbocycles. The Morgan fingerprint density at radius 1 is 0.844 bits per heavy atom. The fourth-order valence-corrected chi connectivity index (χ4v) is 3.76. The molecule has 0 spiro atoms. The molecule has 2 unspecified atom stereocenters. The summed E-state index contributed by atoms with van der Waals surface area (Å²) < 4.78 is 19.6. The Labute approximate surface area is 195 Å². The second kappa shape index (κ2) is 15.8. The summed E-state index contributed by atoms with van der Waals surface area (Å²) in [6.45, 7) is 6.94. The lowest BCUT2D eigenvalue weighted by atomic mass is 10.0. The van der Waals surface area contributed by atoms with Crippen molar-refractivity contribution in [3.63, 3.8) is 0 Å². The van der Waals surface area contributed by atoms with Gasteiger partial charge >= 0.3 is 0 Å². The maximum absolute atomic E-state index is 14.0. The molecule has 0 radical (unpaired) electrons. The predicted molar refractivity (Wildman–Crippen MR) is 133 cm³/mol. The molecular weight excluding hydrogens is 399 g/mol. The number of hydrogen-bond acceptors (Lipinski definition) is 3. The summed E-state index contributed by atoms with van der Waals surface area (Å²) in [6.07, 6.45) is 16.1. The largest absolute Gasteiger partial charge is 0.490 e. The molecule has 32 heavy (non-hydrogen) atoms. The van der Waals surface area contributed by atoms with Crippen molar-refractivity contribution in [1.29, 1.82) is 0 Å². The van der Waals surface area contributed by atoms with Crippen molar-refractivity contribution in [3.05, 3.63) is 42.2 Å². The molecular formula is C28H43FN2O. The van der Waals surface area contributed by atoms with Crippen LogP contribution in [0.15, 0.2) is 36.7 Å². The van der Waals surface area contributed by atoms with Crippen molar-refractivity contribution in [3.8, 4) is 17.1 Å². The van der Waals surface area contributed by atoms with Gasteiger partial charge in [-0.15, -0.1) is 0 Å². The monoisotopic (exact) mass is 442 g/mol. The van der Waals surface area contributed by atoms with Gasteiger partial charge in [-0.3, -0.25) is 0 Å². The maximum atomic E-state index is 14.0. The van der Waals surface area contributed by atoms with Crippen LogP contribution in [0.4, 0.5) is 4.39 Å². The summed E-state index contributed by atoms with van der Waals surface area (Å²) in [5, 5.41) is 0. The van der Waals surface area contributed by atoms with E-state index in [0.29, 0.717) is 36.9 Å². The van der Waals surface area contributed by atoms with E-state index in [4.69, 9.17) is 4.74 Å². The quantitative estimate of drug-likeness (QED) is 0.231. The van der Waals surface area contributed by atoms with Crippen molar-refractivity contribution in [1.82, 2.24) is 9.97 Å². The first-order chi connectivity index (χ1) is 15.6. The third kappa shape index (κ3) is 10.6. The van der Waals surface area contributed by atoms with Gasteiger partial charge in [0, 0.05) is 12.0 Å². The van der Waals surface area contributed by atoms with Gasteiger partial charge in [-0.2, -0.15) is 0 Å². The number of unbranched alkanes of at least 4 members (excludes halogenated alkanes) is 6. The normalized spacial score (nSPS) is 13.1. The van der Waals surface area contributed by atoms with E-state index in [2.05, 4.69) is 55.0 Å². The van der Waals surface area contributed by atoms with Crippen molar-refractivity contribution < 1.29 is 9.13 Å². The molecule has 3 nitrogen and oxygen atoms in total. The summed E-state index contributed by atoms with van der Waals surface area (Å²) in [5.41, 5.74) is 2.38. The Bertz CT molecular complexity index is 717. The first-order valence-electron chi connectivity index (χ1n) is 12.8. The van der Waals surface area contributed by atoms with Gasteiger partial charge in [-0.25, -0.2) is 14.4 Å². The van der Waals surface area contributed by atoms with Crippen LogP contribution < -0.4 is 4.74 Å². The van der Waals surface area contributed by atoms with E-state index in [0.717, 1.165) is 24.8 Å². The third-order valence-corrected chi connectivity index (χ3v) is 6.28. The molecule has 0 N–H and O–H groups in total. The number of benzene rings is 1. The third-order valence-electron chi connectivity index (χ3n) is 6.28. The molecule has 0 saturated heterocycles. The zero-order valence-corrected chi connectivity index (χ0v) is 20.5. The second-order valence-corrected chi connectivity index (χ2v) is 9.14. The van der Waals surface area contributed by atoms with Crippen LogP contribution in [-0.4, -0.2) is 22.7 Å². The SMILES string of the molecule is CCCCCCCCCc1ccc(-c2ncc(OCCC(F)CCC(C)CC)cn2)cc1. The van der Waals surface area contributed by atoms with E-state index < -0.39 is 6.17 Å². The van der Waals surface area contributed by atoms with Gasteiger partial charge in [0.15, 0.2) is 11.6 Å². The lowest BCUT2D eigenvalue weighted by Crippen LogP contribution is -2.09. The molecule has 0 aliphatic heterocycles. The first kappa shape index (κ1) is 26.3. The molecule has 4 heteroatoms. The molecule has 2 aromatic rings. The van der Waals surface area contributed by atoms with E-state index >= 15 is 0 Å². The molecule has 0 fully saturated rings. The van der Waals surface area contributed by atoms with Crippen LogP contribution >= 0.6 is 0 Å². The smallest absolute Gasteiger partial charge is 0.159 e. The number of halogens is 1. The fourth-order valence-electron chi connectivity index (χ4n) is 3.76.